The molecule has 0 saturated carbocycles. The van der Waals surface area contributed by atoms with Crippen molar-refractivity contribution in [2.75, 3.05) is 26.2 Å². The number of nitrogens with one attached hydrogen (secondary N) is 1. The van der Waals surface area contributed by atoms with Crippen LogP contribution in [0.2, 0.25) is 0 Å². The highest BCUT2D eigenvalue weighted by atomic mass is 16.3. The molecule has 4 heteroatoms. The first-order valence-corrected chi connectivity index (χ1v) is 5.30. The number of carbonyl (C=O) groups excluding carboxylic acids is 1. The molecule has 0 radical (unpaired) electrons. The van der Waals surface area contributed by atoms with Crippen LogP contribution in [0.4, 0.5) is 0 Å². The number of hydrogen-bond acceptors (Lipinski definition) is 3. The summed E-state index contributed by atoms with van der Waals surface area (Å²) in [5.74, 6) is 0.132. The van der Waals surface area contributed by atoms with Crippen molar-refractivity contribution in [2.24, 2.45) is 0 Å². The number of aliphatic hydroxyl groups excluding tert-OH is 1. The van der Waals surface area contributed by atoms with Crippen LogP contribution in [0.15, 0.2) is 0 Å². The maximum atomic E-state index is 11.7. The Morgan fingerprint density at radius 2 is 2.00 bits per heavy atom. The van der Waals surface area contributed by atoms with E-state index >= 15 is 0 Å². The van der Waals surface area contributed by atoms with E-state index in [1.807, 2.05) is 20.8 Å². The van der Waals surface area contributed by atoms with E-state index in [4.69, 9.17) is 5.11 Å². The summed E-state index contributed by atoms with van der Waals surface area (Å²) in [7, 11) is 0. The minimum atomic E-state index is -0.151. The molecule has 84 valence electrons. The highest BCUT2D eigenvalue weighted by molar-refractivity contribution is 5.81. The zero-order valence-corrected chi connectivity index (χ0v) is 9.42. The number of likely N-dealkylation sites (N-methyl/N-ethyl adjacent to an activating group) is 1. The van der Waals surface area contributed by atoms with Gasteiger partial charge in [0, 0.05) is 19.7 Å². The predicted molar refractivity (Wildman–Crippen MR) is 57.1 cm³/mol. The van der Waals surface area contributed by atoms with Crippen LogP contribution in [0.1, 0.15) is 27.2 Å². The fourth-order valence-electron chi connectivity index (χ4n) is 1.29. The molecule has 14 heavy (non-hydrogen) atoms. The minimum absolute atomic E-state index is 0.132. The van der Waals surface area contributed by atoms with Crippen LogP contribution in [0, 0.1) is 0 Å². The summed E-state index contributed by atoms with van der Waals surface area (Å²) in [6, 6.07) is -0.151. The average Bonchev–Trinajstić information content (AvgIpc) is 2.19. The van der Waals surface area contributed by atoms with Crippen LogP contribution in [0.3, 0.4) is 0 Å². The van der Waals surface area contributed by atoms with Gasteiger partial charge in [-0.15, -0.1) is 0 Å². The summed E-state index contributed by atoms with van der Waals surface area (Å²) in [5.41, 5.74) is 0. The molecule has 1 amide bonds. The molecule has 1 atom stereocenters. The Morgan fingerprint density at radius 3 is 2.43 bits per heavy atom. The Morgan fingerprint density at radius 1 is 1.43 bits per heavy atom. The van der Waals surface area contributed by atoms with Crippen molar-refractivity contribution in [3.63, 3.8) is 0 Å². The number of amides is 1. The van der Waals surface area contributed by atoms with Crippen molar-refractivity contribution >= 4 is 5.91 Å². The summed E-state index contributed by atoms with van der Waals surface area (Å²) >= 11 is 0. The first-order valence-electron chi connectivity index (χ1n) is 5.30. The highest BCUT2D eigenvalue weighted by Gasteiger charge is 2.16. The van der Waals surface area contributed by atoms with E-state index in [1.165, 1.54) is 0 Å². The Labute approximate surface area is 86.3 Å². The topological polar surface area (TPSA) is 52.6 Å². The second-order valence-corrected chi connectivity index (χ2v) is 3.26. The average molecular weight is 202 g/mol. The van der Waals surface area contributed by atoms with Crippen molar-refractivity contribution in [1.29, 1.82) is 0 Å². The summed E-state index contributed by atoms with van der Waals surface area (Å²) in [6.45, 7) is 8.16. The summed E-state index contributed by atoms with van der Waals surface area (Å²) in [4.78, 5) is 13.5. The molecule has 0 fully saturated rings. The summed E-state index contributed by atoms with van der Waals surface area (Å²) in [6.07, 6.45) is 0.690. The Kier molecular flexibility index (Phi) is 7.42. The third-order valence-electron chi connectivity index (χ3n) is 2.23. The van der Waals surface area contributed by atoms with Crippen molar-refractivity contribution in [3.8, 4) is 0 Å². The smallest absolute Gasteiger partial charge is 0.239 e. The molecule has 1 unspecified atom stereocenters. The molecule has 0 saturated heterocycles. The molecule has 4 nitrogen and oxygen atoms in total. The van der Waals surface area contributed by atoms with Crippen LogP contribution < -0.4 is 5.32 Å². The van der Waals surface area contributed by atoms with E-state index in [1.54, 1.807) is 4.90 Å². The minimum Gasteiger partial charge on any atom is -0.396 e. The van der Waals surface area contributed by atoms with Gasteiger partial charge in [-0.3, -0.25) is 4.79 Å². The van der Waals surface area contributed by atoms with E-state index in [0.717, 1.165) is 13.1 Å². The summed E-state index contributed by atoms with van der Waals surface area (Å²) in [5, 5.41) is 11.7. The molecule has 0 spiro atoms. The maximum absolute atomic E-state index is 11.7. The van der Waals surface area contributed by atoms with E-state index < -0.39 is 0 Å². The van der Waals surface area contributed by atoms with Crippen LogP contribution in [0.5, 0.6) is 0 Å². The van der Waals surface area contributed by atoms with Gasteiger partial charge in [0.2, 0.25) is 5.91 Å². The van der Waals surface area contributed by atoms with Crippen LogP contribution in [-0.2, 0) is 4.79 Å². The van der Waals surface area contributed by atoms with Gasteiger partial charge in [0.1, 0.15) is 0 Å². The van der Waals surface area contributed by atoms with Gasteiger partial charge in [0.05, 0.1) is 6.04 Å². The number of hydrogen-bond donors (Lipinski definition) is 2. The normalized spacial score (nSPS) is 12.6. The van der Waals surface area contributed by atoms with Gasteiger partial charge in [-0.2, -0.15) is 0 Å². The van der Waals surface area contributed by atoms with Crippen molar-refractivity contribution in [2.45, 2.75) is 33.2 Å². The maximum Gasteiger partial charge on any atom is 0.239 e. The molecule has 0 heterocycles. The second kappa shape index (κ2) is 7.76. The van der Waals surface area contributed by atoms with Crippen molar-refractivity contribution in [3.05, 3.63) is 0 Å². The molecule has 0 aromatic heterocycles. The van der Waals surface area contributed by atoms with E-state index in [2.05, 4.69) is 5.32 Å². The predicted octanol–water partition coefficient (Wildman–Crippen LogP) is 0.215. The number of carbonyl (C=O) groups is 1. The van der Waals surface area contributed by atoms with Gasteiger partial charge in [0.25, 0.3) is 0 Å². The van der Waals surface area contributed by atoms with Gasteiger partial charge in [-0.1, -0.05) is 0 Å². The number of rotatable bonds is 7. The van der Waals surface area contributed by atoms with Crippen molar-refractivity contribution in [1.82, 2.24) is 10.2 Å². The molecule has 0 rings (SSSR count). The lowest BCUT2D eigenvalue weighted by Crippen LogP contribution is -2.45. The zero-order chi connectivity index (χ0) is 11.0. The molecular weight excluding hydrogens is 180 g/mol. The lowest BCUT2D eigenvalue weighted by atomic mass is 10.2. The Bertz CT molecular complexity index is 158. The third kappa shape index (κ3) is 4.58. The van der Waals surface area contributed by atoms with Gasteiger partial charge >= 0.3 is 0 Å². The van der Waals surface area contributed by atoms with E-state index in [-0.39, 0.29) is 18.6 Å². The lowest BCUT2D eigenvalue weighted by molar-refractivity contribution is -0.132. The molecule has 0 aliphatic heterocycles. The first kappa shape index (κ1) is 13.4. The van der Waals surface area contributed by atoms with Crippen molar-refractivity contribution < 1.29 is 9.90 Å². The fraction of sp³-hybridized carbons (Fsp3) is 0.900. The SMILES string of the molecule is CCN(CC)C(=O)C(C)NCCCO. The highest BCUT2D eigenvalue weighted by Crippen LogP contribution is 1.94. The molecule has 0 aromatic rings. The molecule has 0 bridgehead atoms. The Balaban J connectivity index is 3.84. The molecule has 0 aliphatic carbocycles. The third-order valence-corrected chi connectivity index (χ3v) is 2.23. The first-order chi connectivity index (χ1) is 6.67. The standard InChI is InChI=1S/C10H22N2O2/c1-4-12(5-2)10(14)9(3)11-7-6-8-13/h9,11,13H,4-8H2,1-3H3. The van der Waals surface area contributed by atoms with E-state index in [9.17, 15) is 4.79 Å². The van der Waals surface area contributed by atoms with Crippen LogP contribution >= 0.6 is 0 Å². The van der Waals surface area contributed by atoms with Crippen LogP contribution in [0.25, 0.3) is 0 Å². The quantitative estimate of drug-likeness (QED) is 0.580. The summed E-state index contributed by atoms with van der Waals surface area (Å²) < 4.78 is 0. The molecular formula is C10H22N2O2. The van der Waals surface area contributed by atoms with Gasteiger partial charge in [-0.05, 0) is 33.7 Å². The lowest BCUT2D eigenvalue weighted by Gasteiger charge is -2.23. The molecule has 2 N–H and O–H groups in total. The van der Waals surface area contributed by atoms with Gasteiger partial charge in [-0.25, -0.2) is 0 Å². The monoisotopic (exact) mass is 202 g/mol. The number of aliphatic hydroxyl groups is 1. The van der Waals surface area contributed by atoms with Crippen LogP contribution in [-0.4, -0.2) is 48.2 Å². The fourth-order valence-corrected chi connectivity index (χ4v) is 1.29. The Hall–Kier alpha value is -0.610. The second-order valence-electron chi connectivity index (χ2n) is 3.26. The van der Waals surface area contributed by atoms with Gasteiger partial charge in [0.15, 0.2) is 0 Å². The van der Waals surface area contributed by atoms with E-state index in [0.29, 0.717) is 13.0 Å². The zero-order valence-electron chi connectivity index (χ0n) is 9.42. The number of nitrogens with zero attached hydrogens (tertiary/aromatic N) is 1. The molecule has 0 aliphatic rings. The molecule has 0 aromatic carbocycles. The largest absolute Gasteiger partial charge is 0.396 e. The van der Waals surface area contributed by atoms with Gasteiger partial charge < -0.3 is 15.3 Å².